The van der Waals surface area contributed by atoms with E-state index in [0.29, 0.717) is 43.3 Å². The van der Waals surface area contributed by atoms with Crippen LogP contribution in [0.2, 0.25) is 0 Å². The molecule has 2 aromatic heterocycles. The van der Waals surface area contributed by atoms with Gasteiger partial charge in [-0.3, -0.25) is 4.79 Å². The van der Waals surface area contributed by atoms with Crippen molar-refractivity contribution in [1.29, 1.82) is 5.26 Å². The van der Waals surface area contributed by atoms with Crippen molar-refractivity contribution in [2.75, 3.05) is 24.6 Å². The largest absolute Gasteiger partial charge is 0.472 e. The molecule has 1 aliphatic heterocycles. The number of furan rings is 1. The molecule has 3 heterocycles. The Kier molecular flexibility index (Phi) is 7.11. The van der Waals surface area contributed by atoms with Crippen molar-refractivity contribution in [3.8, 4) is 6.07 Å². The van der Waals surface area contributed by atoms with Crippen molar-refractivity contribution >= 4 is 11.7 Å². The number of hydrogen-bond donors (Lipinski definition) is 1. The lowest BCUT2D eigenvalue weighted by atomic mass is 9.82. The van der Waals surface area contributed by atoms with Crippen LogP contribution in [0.15, 0.2) is 23.0 Å². The van der Waals surface area contributed by atoms with Crippen molar-refractivity contribution in [2.24, 2.45) is 0 Å². The number of anilines is 1. The predicted octanol–water partition coefficient (Wildman–Crippen LogP) is 4.31. The van der Waals surface area contributed by atoms with Crippen molar-refractivity contribution in [2.45, 2.75) is 70.9 Å². The lowest BCUT2D eigenvalue weighted by Crippen LogP contribution is -2.42. The minimum Gasteiger partial charge on any atom is -0.472 e. The molecule has 0 spiro atoms. The molecule has 32 heavy (non-hydrogen) atoms. The van der Waals surface area contributed by atoms with Crippen LogP contribution in [0, 0.1) is 11.3 Å². The van der Waals surface area contributed by atoms with E-state index in [9.17, 15) is 10.1 Å². The number of nitriles is 1. The summed E-state index contributed by atoms with van der Waals surface area (Å²) in [5.74, 6) is 1.02. The third kappa shape index (κ3) is 4.66. The fraction of sp³-hybridized carbons (Fsp3) is 0.560. The predicted molar refractivity (Wildman–Crippen MR) is 122 cm³/mol. The minimum absolute atomic E-state index is 0.122. The number of aromatic nitrogens is 1. The summed E-state index contributed by atoms with van der Waals surface area (Å²) in [6.45, 7) is 6.50. The zero-order valence-corrected chi connectivity index (χ0v) is 19.0. The Morgan fingerprint density at radius 2 is 2.16 bits per heavy atom. The summed E-state index contributed by atoms with van der Waals surface area (Å²) in [6, 6.07) is 3.97. The molecule has 2 aromatic rings. The number of rotatable bonds is 7. The maximum atomic E-state index is 12.4. The van der Waals surface area contributed by atoms with Gasteiger partial charge in [0.2, 0.25) is 0 Å². The number of carbonyl (C=O) groups excluding carboxylic acids is 1. The van der Waals surface area contributed by atoms with Crippen LogP contribution in [0.25, 0.3) is 0 Å². The lowest BCUT2D eigenvalue weighted by molar-refractivity contribution is 0.0940. The van der Waals surface area contributed by atoms with E-state index in [1.165, 1.54) is 31.8 Å². The number of nitrogens with zero attached hydrogens (tertiary/aromatic N) is 3. The second-order valence-electron chi connectivity index (χ2n) is 8.83. The van der Waals surface area contributed by atoms with E-state index in [1.54, 1.807) is 6.07 Å². The maximum absolute atomic E-state index is 12.4. The van der Waals surface area contributed by atoms with E-state index in [2.05, 4.69) is 23.2 Å². The Morgan fingerprint density at radius 3 is 2.84 bits per heavy atom. The van der Waals surface area contributed by atoms with E-state index >= 15 is 0 Å². The number of carbonyl (C=O) groups is 1. The second kappa shape index (κ2) is 10.2. The molecule has 7 nitrogen and oxygen atoms in total. The van der Waals surface area contributed by atoms with Crippen LogP contribution in [-0.4, -0.2) is 36.6 Å². The molecule has 1 fully saturated rings. The van der Waals surface area contributed by atoms with Gasteiger partial charge in [0, 0.05) is 30.6 Å². The summed E-state index contributed by atoms with van der Waals surface area (Å²) >= 11 is 0. The van der Waals surface area contributed by atoms with E-state index in [4.69, 9.17) is 14.1 Å². The van der Waals surface area contributed by atoms with Crippen LogP contribution in [0.3, 0.4) is 0 Å². The molecule has 1 saturated carbocycles. The Hall–Kier alpha value is -2.85. The van der Waals surface area contributed by atoms with Gasteiger partial charge in [0.25, 0.3) is 5.91 Å². The minimum atomic E-state index is -0.166. The molecular weight excluding hydrogens is 404 g/mol. The normalized spacial score (nSPS) is 17.3. The van der Waals surface area contributed by atoms with Crippen molar-refractivity contribution in [3.63, 3.8) is 0 Å². The number of ether oxygens (including phenoxy) is 1. The molecule has 1 atom stereocenters. The zero-order chi connectivity index (χ0) is 22.5. The fourth-order valence-electron chi connectivity index (χ4n) is 4.97. The number of nitrogens with one attached hydrogen (secondary N) is 1. The van der Waals surface area contributed by atoms with Gasteiger partial charge in [-0.2, -0.15) is 5.26 Å². The van der Waals surface area contributed by atoms with Crippen LogP contribution < -0.4 is 10.2 Å². The first-order chi connectivity index (χ1) is 15.6. The SMILES string of the molecule is CCN(C[C@@H](C)NC(=O)c1ccoc1)c1nc(C2CCCCC2)c2c(c1C#N)CCOC2. The molecule has 0 saturated heterocycles. The molecule has 0 bridgehead atoms. The third-order valence-corrected chi connectivity index (χ3v) is 6.61. The number of likely N-dealkylation sites (N-methyl/N-ethyl adjacent to an activating group) is 1. The quantitative estimate of drug-likeness (QED) is 0.695. The van der Waals surface area contributed by atoms with E-state index in [1.807, 2.05) is 6.92 Å². The smallest absolute Gasteiger partial charge is 0.254 e. The molecule has 1 aliphatic carbocycles. The van der Waals surface area contributed by atoms with Crippen LogP contribution in [0.4, 0.5) is 5.82 Å². The highest BCUT2D eigenvalue weighted by Gasteiger charge is 2.29. The zero-order valence-electron chi connectivity index (χ0n) is 19.0. The van der Waals surface area contributed by atoms with Crippen LogP contribution in [0.5, 0.6) is 0 Å². The Balaban J connectivity index is 1.63. The van der Waals surface area contributed by atoms with Crippen LogP contribution >= 0.6 is 0 Å². The highest BCUT2D eigenvalue weighted by atomic mass is 16.5. The molecular formula is C25H32N4O3. The Labute approximate surface area is 189 Å². The van der Waals surface area contributed by atoms with Gasteiger partial charge < -0.3 is 19.4 Å². The number of amides is 1. The summed E-state index contributed by atoms with van der Waals surface area (Å²) in [5, 5.41) is 13.1. The van der Waals surface area contributed by atoms with Crippen molar-refractivity contribution in [3.05, 3.63) is 46.5 Å². The average Bonchev–Trinajstić information content (AvgIpc) is 3.37. The summed E-state index contributed by atoms with van der Waals surface area (Å²) in [6.07, 6.45) is 9.71. The highest BCUT2D eigenvalue weighted by molar-refractivity contribution is 5.93. The van der Waals surface area contributed by atoms with Gasteiger partial charge in [-0.1, -0.05) is 19.3 Å². The summed E-state index contributed by atoms with van der Waals surface area (Å²) in [7, 11) is 0. The molecule has 0 radical (unpaired) electrons. The van der Waals surface area contributed by atoms with Gasteiger partial charge in [0.05, 0.1) is 36.3 Å². The molecule has 2 aliphatic rings. The highest BCUT2D eigenvalue weighted by Crippen LogP contribution is 2.39. The Morgan fingerprint density at radius 1 is 1.34 bits per heavy atom. The van der Waals surface area contributed by atoms with Gasteiger partial charge in [-0.25, -0.2) is 4.98 Å². The topological polar surface area (TPSA) is 91.4 Å². The van der Waals surface area contributed by atoms with E-state index in [0.717, 1.165) is 41.9 Å². The van der Waals surface area contributed by atoms with E-state index in [-0.39, 0.29) is 11.9 Å². The number of hydrogen-bond acceptors (Lipinski definition) is 6. The molecule has 170 valence electrons. The monoisotopic (exact) mass is 436 g/mol. The van der Waals surface area contributed by atoms with E-state index < -0.39 is 0 Å². The lowest BCUT2D eigenvalue weighted by Gasteiger charge is -2.32. The van der Waals surface area contributed by atoms with Crippen molar-refractivity contribution in [1.82, 2.24) is 10.3 Å². The Bertz CT molecular complexity index is 974. The number of pyridine rings is 1. The third-order valence-electron chi connectivity index (χ3n) is 6.61. The van der Waals surface area contributed by atoms with Gasteiger partial charge in [-0.05, 0) is 44.7 Å². The first-order valence-electron chi connectivity index (χ1n) is 11.7. The van der Waals surface area contributed by atoms with Crippen LogP contribution in [0.1, 0.15) is 84.6 Å². The molecule has 0 aromatic carbocycles. The number of fused-ring (bicyclic) bond motifs is 1. The summed E-state index contributed by atoms with van der Waals surface area (Å²) in [5.41, 5.74) is 4.54. The second-order valence-corrected chi connectivity index (χ2v) is 8.83. The summed E-state index contributed by atoms with van der Waals surface area (Å²) in [4.78, 5) is 19.7. The standard InChI is InChI=1S/C25H32N4O3/c1-3-29(14-17(2)27-25(30)19-9-11-31-15-19)24-21(13-26)20-10-12-32-16-22(20)23(28-24)18-7-5-4-6-8-18/h9,11,15,17-18H,3-8,10,12,14,16H2,1-2H3,(H,27,30)/t17-/m1/s1. The molecule has 4 rings (SSSR count). The first-order valence-corrected chi connectivity index (χ1v) is 11.7. The molecule has 7 heteroatoms. The molecule has 0 unspecified atom stereocenters. The first kappa shape index (κ1) is 22.3. The van der Waals surface area contributed by atoms with Gasteiger partial charge in [0.1, 0.15) is 18.2 Å². The maximum Gasteiger partial charge on any atom is 0.254 e. The summed E-state index contributed by atoms with van der Waals surface area (Å²) < 4.78 is 10.8. The molecule has 1 amide bonds. The van der Waals surface area contributed by atoms with Gasteiger partial charge >= 0.3 is 0 Å². The fourth-order valence-corrected chi connectivity index (χ4v) is 4.97. The van der Waals surface area contributed by atoms with Gasteiger partial charge in [-0.15, -0.1) is 0 Å². The average molecular weight is 437 g/mol. The van der Waals surface area contributed by atoms with Gasteiger partial charge in [0.15, 0.2) is 0 Å². The molecule has 1 N–H and O–H groups in total. The van der Waals surface area contributed by atoms with Crippen LogP contribution in [-0.2, 0) is 17.8 Å². The van der Waals surface area contributed by atoms with Crippen molar-refractivity contribution < 1.29 is 13.9 Å².